The summed E-state index contributed by atoms with van der Waals surface area (Å²) in [6.07, 6.45) is 0. The zero-order valence-corrected chi connectivity index (χ0v) is 11.9. The fourth-order valence-corrected chi connectivity index (χ4v) is 2.47. The molecule has 0 aliphatic carbocycles. The predicted molar refractivity (Wildman–Crippen MR) is 73.7 cm³/mol. The van der Waals surface area contributed by atoms with Crippen molar-refractivity contribution in [2.45, 2.75) is 6.92 Å². The average molecular weight is 318 g/mol. The molecule has 21 heavy (non-hydrogen) atoms. The fourth-order valence-electron chi connectivity index (χ4n) is 1.53. The van der Waals surface area contributed by atoms with E-state index >= 15 is 0 Å². The van der Waals surface area contributed by atoms with E-state index in [1.165, 1.54) is 25.1 Å². The Bertz CT molecular complexity index is 642. The van der Waals surface area contributed by atoms with E-state index in [-0.39, 0.29) is 18.0 Å². The Labute approximate surface area is 120 Å². The first-order chi connectivity index (χ1) is 9.73. The van der Waals surface area contributed by atoms with E-state index in [4.69, 9.17) is 5.11 Å². The maximum Gasteiger partial charge on any atom is 0.329 e. The second kappa shape index (κ2) is 6.99. The number of aryl methyl sites for hydroxylation is 1. The number of nitro benzene ring substituents is 1. The van der Waals surface area contributed by atoms with Crippen LogP contribution in [-0.2, 0) is 19.6 Å². The van der Waals surface area contributed by atoms with Gasteiger partial charge in [-0.15, -0.1) is 0 Å². The van der Waals surface area contributed by atoms with E-state index in [0.29, 0.717) is 5.56 Å². The van der Waals surface area contributed by atoms with Gasteiger partial charge in [-0.1, -0.05) is 12.1 Å². The summed E-state index contributed by atoms with van der Waals surface area (Å²) in [7, 11) is -3.88. The number of benzene rings is 1. The van der Waals surface area contributed by atoms with E-state index in [2.05, 4.69) is 9.46 Å². The molecule has 0 unspecified atom stereocenters. The normalized spacial score (nSPS) is 11.1. The van der Waals surface area contributed by atoms with Crippen molar-refractivity contribution in [3.8, 4) is 0 Å². The summed E-state index contributed by atoms with van der Waals surface area (Å²) in [5.74, 6) is -1.72. The molecular formula is C11H14N2O7S. The molecule has 0 aromatic heterocycles. The standard InChI is InChI=1S/C11H14N2O7S/c1-8-3-2-4-9(11(8)13(16)17)12-21(18,19)6-5-20-7-10(14)15/h2-4,12H,5-7H2,1H3,(H,14,15). The van der Waals surface area contributed by atoms with Crippen molar-refractivity contribution in [3.05, 3.63) is 33.9 Å². The minimum Gasteiger partial charge on any atom is -0.480 e. The Morgan fingerprint density at radius 1 is 1.48 bits per heavy atom. The lowest BCUT2D eigenvalue weighted by Crippen LogP contribution is -2.22. The number of sulfonamides is 1. The molecule has 0 fully saturated rings. The van der Waals surface area contributed by atoms with Crippen molar-refractivity contribution >= 4 is 27.4 Å². The van der Waals surface area contributed by atoms with Crippen LogP contribution in [0.2, 0.25) is 0 Å². The number of carbonyl (C=O) groups is 1. The third kappa shape index (κ3) is 5.36. The van der Waals surface area contributed by atoms with Crippen molar-refractivity contribution in [2.75, 3.05) is 23.7 Å². The topological polar surface area (TPSA) is 136 Å². The first kappa shape index (κ1) is 16.9. The Balaban J connectivity index is 2.78. The van der Waals surface area contributed by atoms with Crippen molar-refractivity contribution in [1.82, 2.24) is 0 Å². The number of hydrogen-bond donors (Lipinski definition) is 2. The van der Waals surface area contributed by atoms with Crippen LogP contribution >= 0.6 is 0 Å². The highest BCUT2D eigenvalue weighted by Gasteiger charge is 2.21. The summed E-state index contributed by atoms with van der Waals surface area (Å²) in [5.41, 5.74) is -0.145. The summed E-state index contributed by atoms with van der Waals surface area (Å²) in [5, 5.41) is 19.3. The summed E-state index contributed by atoms with van der Waals surface area (Å²) >= 11 is 0. The molecule has 0 amide bonds. The molecule has 0 aliphatic heterocycles. The Morgan fingerprint density at radius 2 is 2.14 bits per heavy atom. The van der Waals surface area contributed by atoms with Crippen LogP contribution in [0.25, 0.3) is 0 Å². The van der Waals surface area contributed by atoms with Gasteiger partial charge in [0.15, 0.2) is 0 Å². The van der Waals surface area contributed by atoms with Crippen molar-refractivity contribution in [1.29, 1.82) is 0 Å². The number of carboxylic acids is 1. The van der Waals surface area contributed by atoms with Gasteiger partial charge in [0.05, 0.1) is 17.3 Å². The van der Waals surface area contributed by atoms with Gasteiger partial charge in [-0.25, -0.2) is 13.2 Å². The molecule has 0 aliphatic rings. The molecule has 0 saturated carbocycles. The first-order valence-electron chi connectivity index (χ1n) is 5.77. The monoisotopic (exact) mass is 318 g/mol. The van der Waals surface area contributed by atoms with Gasteiger partial charge in [-0.3, -0.25) is 14.8 Å². The van der Waals surface area contributed by atoms with Crippen LogP contribution in [-0.4, -0.2) is 43.4 Å². The minimum absolute atomic E-state index is 0.141. The maximum atomic E-state index is 11.8. The van der Waals surface area contributed by atoms with Gasteiger partial charge in [0.25, 0.3) is 5.69 Å². The van der Waals surface area contributed by atoms with Gasteiger partial charge in [-0.05, 0) is 13.0 Å². The van der Waals surface area contributed by atoms with E-state index in [0.717, 1.165) is 0 Å². The molecule has 0 atom stereocenters. The molecule has 10 heteroatoms. The molecule has 1 aromatic rings. The van der Waals surface area contributed by atoms with Gasteiger partial charge in [0.2, 0.25) is 10.0 Å². The number of para-hydroxylation sites is 1. The highest BCUT2D eigenvalue weighted by molar-refractivity contribution is 7.92. The largest absolute Gasteiger partial charge is 0.480 e. The van der Waals surface area contributed by atoms with Gasteiger partial charge in [0.1, 0.15) is 12.3 Å². The van der Waals surface area contributed by atoms with Crippen LogP contribution in [0, 0.1) is 17.0 Å². The zero-order chi connectivity index (χ0) is 16.0. The zero-order valence-electron chi connectivity index (χ0n) is 11.1. The molecular weight excluding hydrogens is 304 g/mol. The van der Waals surface area contributed by atoms with Gasteiger partial charge >= 0.3 is 5.97 Å². The molecule has 0 heterocycles. The average Bonchev–Trinajstić information content (AvgIpc) is 2.33. The van der Waals surface area contributed by atoms with Crippen LogP contribution in [0.4, 0.5) is 11.4 Å². The SMILES string of the molecule is Cc1cccc(NS(=O)(=O)CCOCC(=O)O)c1[N+](=O)[O-]. The molecule has 9 nitrogen and oxygen atoms in total. The highest BCUT2D eigenvalue weighted by atomic mass is 32.2. The molecule has 0 bridgehead atoms. The van der Waals surface area contributed by atoms with Crippen LogP contribution < -0.4 is 4.72 Å². The molecule has 1 rings (SSSR count). The second-order valence-electron chi connectivity index (χ2n) is 4.10. The summed E-state index contributed by atoms with van der Waals surface area (Å²) in [6.45, 7) is 0.549. The first-order valence-corrected chi connectivity index (χ1v) is 7.42. The third-order valence-electron chi connectivity index (χ3n) is 2.41. The highest BCUT2D eigenvalue weighted by Crippen LogP contribution is 2.28. The van der Waals surface area contributed by atoms with Crippen LogP contribution in [0.5, 0.6) is 0 Å². The maximum absolute atomic E-state index is 11.8. The van der Waals surface area contributed by atoms with Crippen molar-refractivity contribution in [3.63, 3.8) is 0 Å². The number of aliphatic carboxylic acids is 1. The number of anilines is 1. The number of hydrogen-bond acceptors (Lipinski definition) is 6. The van der Waals surface area contributed by atoms with Crippen molar-refractivity contribution < 1.29 is 28.0 Å². The lowest BCUT2D eigenvalue weighted by molar-refractivity contribution is -0.384. The molecule has 1 aromatic carbocycles. The number of nitrogens with one attached hydrogen (secondary N) is 1. The van der Waals surface area contributed by atoms with Crippen LogP contribution in [0.1, 0.15) is 5.56 Å². The molecule has 116 valence electrons. The lowest BCUT2D eigenvalue weighted by Gasteiger charge is -2.09. The Hall–Kier alpha value is -2.20. The van der Waals surface area contributed by atoms with E-state index < -0.39 is 33.3 Å². The van der Waals surface area contributed by atoms with Gasteiger partial charge in [-0.2, -0.15) is 0 Å². The summed E-state index contributed by atoms with van der Waals surface area (Å²) in [4.78, 5) is 20.5. The predicted octanol–water partition coefficient (Wildman–Crippen LogP) is 0.746. The minimum atomic E-state index is -3.88. The van der Waals surface area contributed by atoms with E-state index in [1.54, 1.807) is 0 Å². The molecule has 2 N–H and O–H groups in total. The summed E-state index contributed by atoms with van der Waals surface area (Å²) < 4.78 is 30.3. The number of nitro groups is 1. The number of rotatable bonds is 8. The smallest absolute Gasteiger partial charge is 0.329 e. The quantitative estimate of drug-likeness (QED) is 0.410. The Morgan fingerprint density at radius 3 is 2.71 bits per heavy atom. The van der Waals surface area contributed by atoms with E-state index in [1.807, 2.05) is 0 Å². The van der Waals surface area contributed by atoms with Crippen LogP contribution in [0.3, 0.4) is 0 Å². The molecule has 0 radical (unpaired) electrons. The number of ether oxygens (including phenoxy) is 1. The molecule has 0 spiro atoms. The van der Waals surface area contributed by atoms with Gasteiger partial charge in [0, 0.05) is 5.56 Å². The van der Waals surface area contributed by atoms with Gasteiger partial charge < -0.3 is 9.84 Å². The Kier molecular flexibility index (Phi) is 5.61. The van der Waals surface area contributed by atoms with E-state index in [9.17, 15) is 23.3 Å². The molecule has 0 saturated heterocycles. The summed E-state index contributed by atoms with van der Waals surface area (Å²) in [6, 6.07) is 4.26. The lowest BCUT2D eigenvalue weighted by atomic mass is 10.2. The third-order valence-corrected chi connectivity index (χ3v) is 3.64. The number of nitrogens with zero attached hydrogens (tertiary/aromatic N) is 1. The number of carboxylic acid groups (broad SMARTS) is 1. The van der Waals surface area contributed by atoms with Crippen LogP contribution in [0.15, 0.2) is 18.2 Å². The second-order valence-corrected chi connectivity index (χ2v) is 5.94. The fraction of sp³-hybridized carbons (Fsp3) is 0.364. The van der Waals surface area contributed by atoms with Crippen molar-refractivity contribution in [2.24, 2.45) is 0 Å².